The van der Waals surface area contributed by atoms with E-state index < -0.39 is 47.9 Å². The van der Waals surface area contributed by atoms with E-state index >= 15 is 0 Å². The summed E-state index contributed by atoms with van der Waals surface area (Å²) in [4.78, 5) is 51.7. The average molecular weight is 448 g/mol. The van der Waals surface area contributed by atoms with Crippen molar-refractivity contribution < 1.29 is 38.9 Å². The third-order valence-corrected chi connectivity index (χ3v) is 5.00. The first kappa shape index (κ1) is 24.4. The van der Waals surface area contributed by atoms with Crippen molar-refractivity contribution in [1.29, 1.82) is 0 Å². The number of likely N-dealkylation sites (N-methyl/N-ethyl adjacent to an activating group) is 1. The number of amides is 1. The van der Waals surface area contributed by atoms with Crippen LogP contribution in [-0.4, -0.2) is 66.9 Å². The number of carbonyl (C=O) groups excluding carboxylic acids is 2. The summed E-state index contributed by atoms with van der Waals surface area (Å²) >= 11 is 0. The number of benzene rings is 2. The molecular weight excluding hydrogens is 424 g/mol. The fourth-order valence-electron chi connectivity index (χ4n) is 3.03. The molecule has 0 aliphatic rings. The fourth-order valence-corrected chi connectivity index (χ4v) is 3.03. The lowest BCUT2D eigenvalue weighted by Crippen LogP contribution is -2.41. The van der Waals surface area contributed by atoms with E-state index in [-0.39, 0.29) is 6.61 Å². The van der Waals surface area contributed by atoms with Gasteiger partial charge in [0.15, 0.2) is 0 Å². The maximum absolute atomic E-state index is 12.7. The summed E-state index contributed by atoms with van der Waals surface area (Å²) in [6.45, 7) is 0.224. The SMILES string of the molecule is COc1ccc2cc([C@](C)(CC(=O)N(C)CC(=O)OCCO[N+](=O)[O-])C(=O)O)ccc2c1. The van der Waals surface area contributed by atoms with Crippen molar-refractivity contribution in [1.82, 2.24) is 4.90 Å². The second kappa shape index (κ2) is 10.4. The molecule has 2 rings (SSSR count). The normalized spacial score (nSPS) is 12.5. The predicted molar refractivity (Wildman–Crippen MR) is 112 cm³/mol. The number of fused-ring (bicyclic) bond motifs is 1. The van der Waals surface area contributed by atoms with Crippen LogP contribution in [0.15, 0.2) is 36.4 Å². The number of carbonyl (C=O) groups is 3. The van der Waals surface area contributed by atoms with Crippen LogP contribution in [0.25, 0.3) is 10.8 Å². The number of methoxy groups -OCH3 is 1. The van der Waals surface area contributed by atoms with Gasteiger partial charge in [-0.2, -0.15) is 0 Å². The molecule has 32 heavy (non-hydrogen) atoms. The topological polar surface area (TPSA) is 146 Å². The Bertz CT molecular complexity index is 1020. The van der Waals surface area contributed by atoms with E-state index in [0.717, 1.165) is 15.7 Å². The van der Waals surface area contributed by atoms with Crippen LogP contribution in [0, 0.1) is 10.1 Å². The molecular formula is C21H24N2O9. The number of hydrogen-bond donors (Lipinski definition) is 1. The summed E-state index contributed by atoms with van der Waals surface area (Å²) in [5.74, 6) is -1.90. The lowest BCUT2D eigenvalue weighted by Gasteiger charge is -2.27. The Kier molecular flexibility index (Phi) is 7.94. The van der Waals surface area contributed by atoms with Gasteiger partial charge in [0.05, 0.1) is 12.5 Å². The molecule has 11 heteroatoms. The van der Waals surface area contributed by atoms with Crippen molar-refractivity contribution in [3.63, 3.8) is 0 Å². The average Bonchev–Trinajstić information content (AvgIpc) is 2.75. The molecule has 0 aliphatic heterocycles. The molecule has 0 saturated carbocycles. The van der Waals surface area contributed by atoms with Gasteiger partial charge in [-0.05, 0) is 41.5 Å². The van der Waals surface area contributed by atoms with Crippen LogP contribution in [0.1, 0.15) is 18.9 Å². The molecule has 0 fully saturated rings. The molecule has 0 aromatic heterocycles. The Morgan fingerprint density at radius 3 is 2.41 bits per heavy atom. The van der Waals surface area contributed by atoms with Gasteiger partial charge in [0.25, 0.3) is 5.09 Å². The van der Waals surface area contributed by atoms with Crippen LogP contribution in [0.5, 0.6) is 5.75 Å². The molecule has 172 valence electrons. The van der Waals surface area contributed by atoms with Crippen LogP contribution in [0.2, 0.25) is 0 Å². The Hall–Kier alpha value is -3.89. The predicted octanol–water partition coefficient (Wildman–Crippen LogP) is 1.79. The minimum absolute atomic E-state index is 0.351. The number of rotatable bonds is 11. The smallest absolute Gasteiger partial charge is 0.325 e. The molecule has 11 nitrogen and oxygen atoms in total. The number of carboxylic acid groups (broad SMARTS) is 1. The van der Waals surface area contributed by atoms with Crippen LogP contribution in [0.4, 0.5) is 0 Å². The van der Waals surface area contributed by atoms with Gasteiger partial charge in [-0.1, -0.05) is 18.2 Å². The van der Waals surface area contributed by atoms with E-state index in [4.69, 9.17) is 9.47 Å². The highest BCUT2D eigenvalue weighted by molar-refractivity contribution is 5.92. The monoisotopic (exact) mass is 448 g/mol. The molecule has 2 aromatic rings. The first-order chi connectivity index (χ1) is 15.1. The van der Waals surface area contributed by atoms with E-state index in [1.807, 2.05) is 6.07 Å². The van der Waals surface area contributed by atoms with E-state index in [1.165, 1.54) is 14.0 Å². The first-order valence-corrected chi connectivity index (χ1v) is 9.55. The van der Waals surface area contributed by atoms with Crippen molar-refractivity contribution in [2.24, 2.45) is 0 Å². The molecule has 0 radical (unpaired) electrons. The summed E-state index contributed by atoms with van der Waals surface area (Å²) in [7, 11) is 2.89. The summed E-state index contributed by atoms with van der Waals surface area (Å²) in [6, 6.07) is 10.5. The van der Waals surface area contributed by atoms with Gasteiger partial charge in [-0.25, -0.2) is 0 Å². The highest BCUT2D eigenvalue weighted by Crippen LogP contribution is 2.32. The molecule has 0 aliphatic carbocycles. The number of nitrogens with zero attached hydrogens (tertiary/aromatic N) is 2. The maximum atomic E-state index is 12.7. The number of esters is 1. The standard InChI is InChI=1S/C21H24N2O9/c1-21(20(26)27,16-6-4-15-11-17(30-3)7-5-14(15)10-16)12-18(24)22(2)13-19(25)31-8-9-32-23(28)29/h4-7,10-11H,8-9,12-13H2,1-3H3,(H,26,27)/t21-/m0/s1. The lowest BCUT2D eigenvalue weighted by molar-refractivity contribution is -0.757. The van der Waals surface area contributed by atoms with E-state index in [1.54, 1.807) is 37.4 Å². The van der Waals surface area contributed by atoms with Crippen LogP contribution in [-0.2, 0) is 29.4 Å². The Labute approximate surface area is 183 Å². The van der Waals surface area contributed by atoms with Gasteiger partial charge in [-0.3, -0.25) is 14.4 Å². The molecule has 0 unspecified atom stereocenters. The zero-order valence-electron chi connectivity index (χ0n) is 17.9. The second-order valence-electron chi connectivity index (χ2n) is 7.27. The van der Waals surface area contributed by atoms with Crippen LogP contribution in [0.3, 0.4) is 0 Å². The Morgan fingerprint density at radius 2 is 1.78 bits per heavy atom. The van der Waals surface area contributed by atoms with Crippen molar-refractivity contribution in [2.45, 2.75) is 18.8 Å². The van der Waals surface area contributed by atoms with Crippen molar-refractivity contribution in [2.75, 3.05) is 33.9 Å². The van der Waals surface area contributed by atoms with Gasteiger partial charge >= 0.3 is 11.9 Å². The second-order valence-corrected chi connectivity index (χ2v) is 7.27. The zero-order chi connectivity index (χ0) is 23.9. The lowest BCUT2D eigenvalue weighted by atomic mass is 9.78. The summed E-state index contributed by atoms with van der Waals surface area (Å²) in [5, 5.41) is 20.6. The summed E-state index contributed by atoms with van der Waals surface area (Å²) in [6.07, 6.45) is -0.391. The van der Waals surface area contributed by atoms with Crippen molar-refractivity contribution in [3.05, 3.63) is 52.1 Å². The van der Waals surface area contributed by atoms with Crippen LogP contribution < -0.4 is 4.74 Å². The van der Waals surface area contributed by atoms with Crippen LogP contribution >= 0.6 is 0 Å². The van der Waals surface area contributed by atoms with Crippen molar-refractivity contribution in [3.8, 4) is 5.75 Å². The molecule has 0 saturated heterocycles. The van der Waals surface area contributed by atoms with Gasteiger partial charge in [0.1, 0.15) is 25.5 Å². The summed E-state index contributed by atoms with van der Waals surface area (Å²) < 4.78 is 9.94. The summed E-state index contributed by atoms with van der Waals surface area (Å²) in [5.41, 5.74) is -1.10. The fraction of sp³-hybridized carbons (Fsp3) is 0.381. The third-order valence-electron chi connectivity index (χ3n) is 5.00. The van der Waals surface area contributed by atoms with E-state index in [9.17, 15) is 29.6 Å². The van der Waals surface area contributed by atoms with Crippen molar-refractivity contribution >= 4 is 28.6 Å². The van der Waals surface area contributed by atoms with Gasteiger partial charge in [0, 0.05) is 13.5 Å². The number of carboxylic acids is 1. The number of ether oxygens (including phenoxy) is 2. The quantitative estimate of drug-likeness (QED) is 0.235. The number of hydrogen-bond acceptors (Lipinski definition) is 8. The minimum atomic E-state index is -1.54. The maximum Gasteiger partial charge on any atom is 0.325 e. The molecule has 0 spiro atoms. The van der Waals surface area contributed by atoms with Gasteiger partial charge in [0.2, 0.25) is 5.91 Å². The molecule has 2 aromatic carbocycles. The third kappa shape index (κ3) is 6.06. The van der Waals surface area contributed by atoms with Gasteiger partial charge in [-0.15, -0.1) is 10.1 Å². The molecule has 0 heterocycles. The molecule has 0 bridgehead atoms. The Morgan fingerprint density at radius 1 is 1.12 bits per heavy atom. The largest absolute Gasteiger partial charge is 0.497 e. The molecule has 1 N–H and O–H groups in total. The minimum Gasteiger partial charge on any atom is -0.497 e. The molecule has 1 amide bonds. The van der Waals surface area contributed by atoms with E-state index in [2.05, 4.69) is 4.84 Å². The zero-order valence-corrected chi connectivity index (χ0v) is 17.9. The van der Waals surface area contributed by atoms with Gasteiger partial charge < -0.3 is 24.3 Å². The molecule has 1 atom stereocenters. The Balaban J connectivity index is 2.10. The number of aliphatic carboxylic acids is 1. The first-order valence-electron chi connectivity index (χ1n) is 9.55. The highest BCUT2D eigenvalue weighted by Gasteiger charge is 2.38. The van der Waals surface area contributed by atoms with E-state index in [0.29, 0.717) is 11.3 Å². The highest BCUT2D eigenvalue weighted by atomic mass is 17.0.